The Morgan fingerprint density at radius 2 is 2.07 bits per heavy atom. The molecule has 2 N–H and O–H groups in total. The topological polar surface area (TPSA) is 68.3 Å². The summed E-state index contributed by atoms with van der Waals surface area (Å²) in [6.07, 6.45) is 0. The van der Waals surface area contributed by atoms with Gasteiger partial charge in [-0.25, -0.2) is 0 Å². The van der Waals surface area contributed by atoms with E-state index < -0.39 is 6.04 Å². The van der Waals surface area contributed by atoms with Crippen LogP contribution in [0.5, 0.6) is 11.5 Å². The van der Waals surface area contributed by atoms with Gasteiger partial charge in [-0.15, -0.1) is 0 Å². The summed E-state index contributed by atoms with van der Waals surface area (Å²) in [5, 5.41) is 9.01. The Kier molecular flexibility index (Phi) is 3.78. The van der Waals surface area contributed by atoms with Crippen molar-refractivity contribution in [3.8, 4) is 17.6 Å². The van der Waals surface area contributed by atoms with Crippen LogP contribution >= 0.6 is 11.6 Å². The summed E-state index contributed by atoms with van der Waals surface area (Å²) < 4.78 is 10.1. The lowest BCUT2D eigenvalue weighted by atomic mass is 10.1. The number of benzene rings is 1. The number of ether oxygens (including phenoxy) is 2. The van der Waals surface area contributed by atoms with Crippen molar-refractivity contribution in [2.24, 2.45) is 5.73 Å². The number of rotatable bonds is 3. The third-order valence-electron chi connectivity index (χ3n) is 1.99. The van der Waals surface area contributed by atoms with Crippen molar-refractivity contribution in [3.05, 3.63) is 22.7 Å². The molecule has 0 bridgehead atoms. The molecule has 0 spiro atoms. The molecule has 0 aliphatic rings. The van der Waals surface area contributed by atoms with Gasteiger partial charge in [0.2, 0.25) is 0 Å². The zero-order chi connectivity index (χ0) is 11.4. The van der Waals surface area contributed by atoms with Gasteiger partial charge in [-0.05, 0) is 6.07 Å². The van der Waals surface area contributed by atoms with Gasteiger partial charge in [0.25, 0.3) is 0 Å². The highest BCUT2D eigenvalue weighted by Crippen LogP contribution is 2.38. The van der Waals surface area contributed by atoms with E-state index in [1.807, 2.05) is 6.07 Å². The third kappa shape index (κ3) is 2.14. The van der Waals surface area contributed by atoms with Gasteiger partial charge in [0.1, 0.15) is 6.04 Å². The lowest BCUT2D eigenvalue weighted by molar-refractivity contribution is 0.354. The fraction of sp³-hybridized carbons (Fsp3) is 0.300. The number of nitrogens with zero attached hydrogens (tertiary/aromatic N) is 1. The summed E-state index contributed by atoms with van der Waals surface area (Å²) in [7, 11) is 2.99. The van der Waals surface area contributed by atoms with E-state index in [-0.39, 0.29) is 0 Å². The van der Waals surface area contributed by atoms with E-state index in [9.17, 15) is 0 Å². The first-order valence-corrected chi connectivity index (χ1v) is 4.59. The summed E-state index contributed by atoms with van der Waals surface area (Å²) >= 11 is 6.03. The SMILES string of the molecule is COc1ccc(C(N)C#N)c(Cl)c1OC. The molecule has 0 saturated heterocycles. The molecule has 15 heavy (non-hydrogen) atoms. The van der Waals surface area contributed by atoms with Crippen molar-refractivity contribution in [2.45, 2.75) is 6.04 Å². The van der Waals surface area contributed by atoms with Crippen molar-refractivity contribution in [1.29, 1.82) is 5.26 Å². The molecule has 4 nitrogen and oxygen atoms in total. The van der Waals surface area contributed by atoms with Crippen LogP contribution in [-0.2, 0) is 0 Å². The number of hydrogen-bond acceptors (Lipinski definition) is 4. The van der Waals surface area contributed by atoms with Crippen LogP contribution < -0.4 is 15.2 Å². The Morgan fingerprint density at radius 1 is 1.40 bits per heavy atom. The quantitative estimate of drug-likeness (QED) is 0.855. The van der Waals surface area contributed by atoms with Gasteiger partial charge in [-0.3, -0.25) is 0 Å². The van der Waals surface area contributed by atoms with Crippen molar-refractivity contribution >= 4 is 11.6 Å². The first kappa shape index (κ1) is 11.6. The van der Waals surface area contributed by atoms with Gasteiger partial charge in [-0.1, -0.05) is 17.7 Å². The molecule has 0 saturated carbocycles. The molecule has 0 aromatic heterocycles. The molecule has 1 aromatic rings. The van der Waals surface area contributed by atoms with Crippen molar-refractivity contribution in [3.63, 3.8) is 0 Å². The fourth-order valence-electron chi connectivity index (χ4n) is 1.21. The standard InChI is InChI=1S/C10H11ClN2O2/c1-14-8-4-3-6(7(13)5-12)9(11)10(8)15-2/h3-4,7H,13H2,1-2H3. The molecule has 1 atom stereocenters. The largest absolute Gasteiger partial charge is 0.493 e. The number of nitrogens with two attached hydrogens (primary N) is 1. The minimum absolute atomic E-state index is 0.311. The average Bonchev–Trinajstić information content (AvgIpc) is 2.27. The Hall–Kier alpha value is -1.44. The van der Waals surface area contributed by atoms with E-state index in [4.69, 9.17) is 32.1 Å². The first-order chi connectivity index (χ1) is 7.15. The van der Waals surface area contributed by atoms with E-state index in [0.717, 1.165) is 0 Å². The van der Waals surface area contributed by atoms with E-state index in [0.29, 0.717) is 22.1 Å². The van der Waals surface area contributed by atoms with Crippen LogP contribution in [0.2, 0.25) is 5.02 Å². The van der Waals surface area contributed by atoms with Gasteiger partial charge in [-0.2, -0.15) is 5.26 Å². The molecule has 1 aromatic carbocycles. The Bertz CT molecular complexity index is 401. The lowest BCUT2D eigenvalue weighted by Crippen LogP contribution is -2.08. The molecule has 80 valence electrons. The van der Waals surface area contributed by atoms with E-state index in [1.165, 1.54) is 14.2 Å². The molecule has 1 rings (SSSR count). The van der Waals surface area contributed by atoms with Gasteiger partial charge in [0, 0.05) is 5.56 Å². The molecular formula is C10H11ClN2O2. The second kappa shape index (κ2) is 4.87. The number of methoxy groups -OCH3 is 2. The van der Waals surface area contributed by atoms with E-state index in [1.54, 1.807) is 12.1 Å². The summed E-state index contributed by atoms with van der Waals surface area (Å²) in [5.74, 6) is 0.902. The van der Waals surface area contributed by atoms with Crippen molar-refractivity contribution < 1.29 is 9.47 Å². The normalized spacial score (nSPS) is 11.7. The zero-order valence-electron chi connectivity index (χ0n) is 8.45. The molecule has 0 aliphatic carbocycles. The maximum absolute atomic E-state index is 8.70. The zero-order valence-corrected chi connectivity index (χ0v) is 9.21. The molecular weight excluding hydrogens is 216 g/mol. The Morgan fingerprint density at radius 3 is 2.53 bits per heavy atom. The van der Waals surface area contributed by atoms with Crippen molar-refractivity contribution in [2.75, 3.05) is 14.2 Å². The maximum Gasteiger partial charge on any atom is 0.179 e. The Balaban J connectivity index is 3.30. The summed E-state index contributed by atoms with van der Waals surface area (Å²) in [5.41, 5.74) is 6.09. The molecule has 0 aliphatic heterocycles. The van der Waals surface area contributed by atoms with Gasteiger partial charge in [0.15, 0.2) is 11.5 Å². The molecule has 1 unspecified atom stereocenters. The monoisotopic (exact) mass is 226 g/mol. The summed E-state index contributed by atoms with van der Waals surface area (Å²) in [4.78, 5) is 0. The molecule has 0 amide bonds. The highest BCUT2D eigenvalue weighted by atomic mass is 35.5. The van der Waals surface area contributed by atoms with Crippen molar-refractivity contribution in [1.82, 2.24) is 0 Å². The smallest absolute Gasteiger partial charge is 0.179 e. The maximum atomic E-state index is 8.70. The Labute approximate surface area is 93.2 Å². The van der Waals surface area contributed by atoms with Gasteiger partial charge in [0.05, 0.1) is 25.3 Å². The number of nitriles is 1. The van der Waals surface area contributed by atoms with Gasteiger partial charge < -0.3 is 15.2 Å². The van der Waals surface area contributed by atoms with Crippen LogP contribution in [0.15, 0.2) is 12.1 Å². The predicted molar refractivity (Wildman–Crippen MR) is 57.1 cm³/mol. The minimum atomic E-state index is -0.766. The average molecular weight is 227 g/mol. The highest BCUT2D eigenvalue weighted by molar-refractivity contribution is 6.33. The number of hydrogen-bond donors (Lipinski definition) is 1. The first-order valence-electron chi connectivity index (χ1n) is 4.21. The molecule has 5 heteroatoms. The predicted octanol–water partition coefficient (Wildman–Crippen LogP) is 1.88. The van der Waals surface area contributed by atoms with Crippen LogP contribution in [0.4, 0.5) is 0 Å². The van der Waals surface area contributed by atoms with Crippen LogP contribution in [-0.4, -0.2) is 14.2 Å². The second-order valence-electron chi connectivity index (χ2n) is 2.81. The van der Waals surface area contributed by atoms with Gasteiger partial charge >= 0.3 is 0 Å². The molecule has 0 fully saturated rings. The third-order valence-corrected chi connectivity index (χ3v) is 2.38. The molecule has 0 heterocycles. The second-order valence-corrected chi connectivity index (χ2v) is 3.19. The lowest BCUT2D eigenvalue weighted by Gasteiger charge is -2.13. The summed E-state index contributed by atoms with van der Waals surface area (Å²) in [6.45, 7) is 0. The van der Waals surface area contributed by atoms with Crippen LogP contribution in [0.3, 0.4) is 0 Å². The number of halogens is 1. The van der Waals surface area contributed by atoms with E-state index in [2.05, 4.69) is 0 Å². The minimum Gasteiger partial charge on any atom is -0.493 e. The van der Waals surface area contributed by atoms with Crippen LogP contribution in [0, 0.1) is 11.3 Å². The van der Waals surface area contributed by atoms with Crippen LogP contribution in [0.25, 0.3) is 0 Å². The van der Waals surface area contributed by atoms with E-state index >= 15 is 0 Å². The fourth-order valence-corrected chi connectivity index (χ4v) is 1.57. The summed E-state index contributed by atoms with van der Waals surface area (Å²) in [6, 6.07) is 4.46. The molecule has 0 radical (unpaired) electrons. The van der Waals surface area contributed by atoms with Crippen LogP contribution in [0.1, 0.15) is 11.6 Å². The highest BCUT2D eigenvalue weighted by Gasteiger charge is 2.16.